The number of benzene rings is 1. The van der Waals surface area contributed by atoms with Crippen molar-refractivity contribution in [3.8, 4) is 5.69 Å². The highest BCUT2D eigenvalue weighted by atomic mass is 19.4. The second-order valence-electron chi connectivity index (χ2n) is 4.12. The van der Waals surface area contributed by atoms with Crippen LogP contribution in [0.15, 0.2) is 30.3 Å². The first-order chi connectivity index (χ1) is 8.57. The molecule has 0 atom stereocenters. The molecule has 1 aromatic carbocycles. The summed E-state index contributed by atoms with van der Waals surface area (Å²) < 4.78 is 40.4. The quantitative estimate of drug-likeness (QED) is 0.846. The van der Waals surface area contributed by atoms with Gasteiger partial charge in [-0.05, 0) is 12.1 Å². The molecule has 0 radical (unpaired) electrons. The Morgan fingerprint density at radius 2 is 1.83 bits per heavy atom. The molecule has 0 unspecified atom stereocenters. The predicted molar refractivity (Wildman–Crippen MR) is 59.1 cm³/mol. The van der Waals surface area contributed by atoms with Gasteiger partial charge >= 0.3 is 6.18 Å². The molecule has 3 rings (SSSR count). The van der Waals surface area contributed by atoms with E-state index >= 15 is 0 Å². The highest BCUT2D eigenvalue weighted by Gasteiger charge is 2.41. The van der Waals surface area contributed by atoms with Gasteiger partial charge in [0.15, 0.2) is 5.69 Å². The maximum atomic E-state index is 13.1. The maximum absolute atomic E-state index is 13.1. The van der Waals surface area contributed by atoms with Crippen LogP contribution >= 0.6 is 0 Å². The van der Waals surface area contributed by atoms with Crippen molar-refractivity contribution in [1.82, 2.24) is 15.1 Å². The summed E-state index contributed by atoms with van der Waals surface area (Å²) >= 11 is 0. The first kappa shape index (κ1) is 11.3. The lowest BCUT2D eigenvalue weighted by Gasteiger charge is -2.12. The van der Waals surface area contributed by atoms with Crippen molar-refractivity contribution in [2.75, 3.05) is 0 Å². The second-order valence-corrected chi connectivity index (χ2v) is 4.12. The van der Waals surface area contributed by atoms with Crippen LogP contribution in [0.1, 0.15) is 17.0 Å². The lowest BCUT2D eigenvalue weighted by atomic mass is 10.2. The van der Waals surface area contributed by atoms with Crippen LogP contribution in [-0.2, 0) is 19.3 Å². The minimum atomic E-state index is -4.40. The average Bonchev–Trinajstić information content (AvgIpc) is 2.87. The molecule has 0 aliphatic carbocycles. The highest BCUT2D eigenvalue weighted by molar-refractivity contribution is 5.40. The highest BCUT2D eigenvalue weighted by Crippen LogP contribution is 2.36. The molecule has 0 saturated carbocycles. The Morgan fingerprint density at radius 1 is 1.11 bits per heavy atom. The number of hydrogen-bond donors (Lipinski definition) is 1. The van der Waals surface area contributed by atoms with Crippen LogP contribution in [0.3, 0.4) is 0 Å². The van der Waals surface area contributed by atoms with Crippen LogP contribution in [0.2, 0.25) is 0 Å². The third-order valence-corrected chi connectivity index (χ3v) is 2.93. The van der Waals surface area contributed by atoms with Gasteiger partial charge in [0.1, 0.15) is 0 Å². The number of rotatable bonds is 1. The fourth-order valence-electron chi connectivity index (χ4n) is 2.18. The molecule has 18 heavy (non-hydrogen) atoms. The molecule has 6 heteroatoms. The van der Waals surface area contributed by atoms with Gasteiger partial charge in [-0.15, -0.1) is 0 Å². The van der Waals surface area contributed by atoms with Crippen molar-refractivity contribution in [2.45, 2.75) is 19.3 Å². The van der Waals surface area contributed by atoms with E-state index in [0.29, 0.717) is 17.9 Å². The smallest absolute Gasteiger partial charge is 0.307 e. The van der Waals surface area contributed by atoms with Gasteiger partial charge in [-0.1, -0.05) is 18.2 Å². The number of fused-ring (bicyclic) bond motifs is 1. The Bertz CT molecular complexity index is 572. The number of para-hydroxylation sites is 1. The molecule has 0 spiro atoms. The largest absolute Gasteiger partial charge is 0.433 e. The standard InChI is InChI=1S/C12H10F3N3/c13-12(14,15)11-9-6-16-7-10(9)17-18(11)8-4-2-1-3-5-8/h1-5,16H,6-7H2. The summed E-state index contributed by atoms with van der Waals surface area (Å²) in [6.07, 6.45) is -4.40. The number of halogens is 3. The SMILES string of the molecule is FC(F)(F)c1c2c(nn1-c1ccccc1)CNC2. The topological polar surface area (TPSA) is 29.9 Å². The average molecular weight is 253 g/mol. The van der Waals surface area contributed by atoms with Crippen LogP contribution in [0.4, 0.5) is 13.2 Å². The lowest BCUT2D eigenvalue weighted by molar-refractivity contribution is -0.143. The summed E-state index contributed by atoms with van der Waals surface area (Å²) in [6.45, 7) is 0.606. The molecule has 1 N–H and O–H groups in total. The zero-order chi connectivity index (χ0) is 12.8. The van der Waals surface area contributed by atoms with Gasteiger partial charge in [-0.3, -0.25) is 0 Å². The summed E-state index contributed by atoms with van der Waals surface area (Å²) in [6, 6.07) is 8.38. The second kappa shape index (κ2) is 3.84. The minimum Gasteiger partial charge on any atom is -0.307 e. The fourth-order valence-corrected chi connectivity index (χ4v) is 2.18. The molecule has 1 aliphatic rings. The van der Waals surface area contributed by atoms with E-state index in [4.69, 9.17) is 0 Å². The first-order valence-corrected chi connectivity index (χ1v) is 5.51. The third-order valence-electron chi connectivity index (χ3n) is 2.93. The van der Waals surface area contributed by atoms with Gasteiger partial charge in [-0.25, -0.2) is 4.68 Å². The van der Waals surface area contributed by atoms with E-state index in [-0.39, 0.29) is 12.1 Å². The van der Waals surface area contributed by atoms with E-state index in [1.807, 2.05) is 0 Å². The van der Waals surface area contributed by atoms with Crippen molar-refractivity contribution >= 4 is 0 Å². The molecule has 94 valence electrons. The molecular weight excluding hydrogens is 243 g/mol. The summed E-state index contributed by atoms with van der Waals surface area (Å²) in [5.41, 5.74) is 0.491. The van der Waals surface area contributed by atoms with E-state index in [0.717, 1.165) is 4.68 Å². The summed E-state index contributed by atoms with van der Waals surface area (Å²) in [4.78, 5) is 0. The van der Waals surface area contributed by atoms with Crippen LogP contribution in [-0.4, -0.2) is 9.78 Å². The van der Waals surface area contributed by atoms with Crippen molar-refractivity contribution in [2.24, 2.45) is 0 Å². The van der Waals surface area contributed by atoms with Gasteiger partial charge in [0.2, 0.25) is 0 Å². The number of nitrogens with zero attached hydrogens (tertiary/aromatic N) is 2. The predicted octanol–water partition coefficient (Wildman–Crippen LogP) is 2.49. The van der Waals surface area contributed by atoms with Crippen LogP contribution in [0.5, 0.6) is 0 Å². The molecule has 0 saturated heterocycles. The van der Waals surface area contributed by atoms with Crippen LogP contribution < -0.4 is 5.32 Å². The minimum absolute atomic E-state index is 0.219. The number of nitrogens with one attached hydrogen (secondary N) is 1. The Kier molecular flexibility index (Phi) is 2.41. The van der Waals surface area contributed by atoms with Gasteiger partial charge in [0, 0.05) is 18.7 Å². The first-order valence-electron chi connectivity index (χ1n) is 5.51. The van der Waals surface area contributed by atoms with Crippen molar-refractivity contribution in [3.05, 3.63) is 47.3 Å². The summed E-state index contributed by atoms with van der Waals surface area (Å²) in [7, 11) is 0. The van der Waals surface area contributed by atoms with E-state index < -0.39 is 11.9 Å². The van der Waals surface area contributed by atoms with Gasteiger partial charge in [0.05, 0.1) is 11.4 Å². The molecule has 0 bridgehead atoms. The van der Waals surface area contributed by atoms with E-state index in [9.17, 15) is 13.2 Å². The molecule has 0 amide bonds. The number of hydrogen-bond acceptors (Lipinski definition) is 2. The molecule has 3 nitrogen and oxygen atoms in total. The van der Waals surface area contributed by atoms with Crippen molar-refractivity contribution in [1.29, 1.82) is 0 Å². The lowest BCUT2D eigenvalue weighted by Crippen LogP contribution is -2.17. The Balaban J connectivity index is 2.22. The molecule has 2 aromatic rings. The van der Waals surface area contributed by atoms with Gasteiger partial charge in [-0.2, -0.15) is 18.3 Å². The number of alkyl halides is 3. The Morgan fingerprint density at radius 3 is 2.50 bits per heavy atom. The number of aromatic nitrogens is 2. The van der Waals surface area contributed by atoms with Crippen molar-refractivity contribution in [3.63, 3.8) is 0 Å². The van der Waals surface area contributed by atoms with Gasteiger partial charge < -0.3 is 5.32 Å². The van der Waals surface area contributed by atoms with Crippen LogP contribution in [0.25, 0.3) is 5.69 Å². The fraction of sp³-hybridized carbons (Fsp3) is 0.250. The van der Waals surface area contributed by atoms with E-state index in [1.54, 1.807) is 30.3 Å². The molecule has 1 aliphatic heterocycles. The monoisotopic (exact) mass is 253 g/mol. The Hall–Kier alpha value is -1.82. The normalized spacial score (nSPS) is 14.8. The van der Waals surface area contributed by atoms with Crippen molar-refractivity contribution < 1.29 is 13.2 Å². The summed E-state index contributed by atoms with van der Waals surface area (Å²) in [5.74, 6) is 0. The van der Waals surface area contributed by atoms with E-state index in [1.165, 1.54) is 0 Å². The molecular formula is C12H10F3N3. The summed E-state index contributed by atoms with van der Waals surface area (Å²) in [5, 5.41) is 6.94. The zero-order valence-corrected chi connectivity index (χ0v) is 9.33. The molecule has 1 aromatic heterocycles. The maximum Gasteiger partial charge on any atom is 0.433 e. The molecule has 2 heterocycles. The Labute approximate surface area is 101 Å². The van der Waals surface area contributed by atoms with Gasteiger partial charge in [0.25, 0.3) is 0 Å². The molecule has 0 fully saturated rings. The third kappa shape index (κ3) is 1.69. The zero-order valence-electron chi connectivity index (χ0n) is 9.33. The van der Waals surface area contributed by atoms with Crippen LogP contribution in [0, 0.1) is 0 Å². The van der Waals surface area contributed by atoms with E-state index in [2.05, 4.69) is 10.4 Å².